The molecule has 1 unspecified atom stereocenters. The van der Waals surface area contributed by atoms with Gasteiger partial charge in [0.1, 0.15) is 0 Å². The van der Waals surface area contributed by atoms with Gasteiger partial charge >= 0.3 is 5.97 Å². The first-order valence-corrected chi connectivity index (χ1v) is 7.03. The van der Waals surface area contributed by atoms with Gasteiger partial charge in [-0.3, -0.25) is 4.79 Å². The van der Waals surface area contributed by atoms with Gasteiger partial charge in [-0.2, -0.15) is 0 Å². The molecule has 5 nitrogen and oxygen atoms in total. The summed E-state index contributed by atoms with van der Waals surface area (Å²) in [5, 5.41) is 12.1. The van der Waals surface area contributed by atoms with E-state index in [1.807, 2.05) is 20.8 Å². The van der Waals surface area contributed by atoms with Crippen LogP contribution in [-0.2, 0) is 9.59 Å². The Morgan fingerprint density at radius 1 is 1.33 bits per heavy atom. The number of halogens is 1. The van der Waals surface area contributed by atoms with Crippen LogP contribution in [0, 0.1) is 5.41 Å². The average Bonchev–Trinajstić information content (AvgIpc) is 2.35. The lowest BCUT2D eigenvalue weighted by atomic mass is 9.85. The molecule has 6 heteroatoms. The third-order valence-corrected chi connectivity index (χ3v) is 3.63. The number of rotatable bonds is 5. The molecule has 1 amide bonds. The SMILES string of the molecule is CC(C)(C)C(N)CC(=O)N[C@@H](C(=O)O)c1ccccc1Cl. The third-order valence-electron chi connectivity index (χ3n) is 3.29. The van der Waals surface area contributed by atoms with Crippen molar-refractivity contribution in [3.63, 3.8) is 0 Å². The summed E-state index contributed by atoms with van der Waals surface area (Å²) in [7, 11) is 0. The van der Waals surface area contributed by atoms with Crippen molar-refractivity contribution in [2.45, 2.75) is 39.3 Å². The minimum atomic E-state index is -1.18. The molecule has 0 aliphatic rings. The minimum Gasteiger partial charge on any atom is -0.479 e. The zero-order chi connectivity index (χ0) is 16.2. The van der Waals surface area contributed by atoms with Gasteiger partial charge in [0.2, 0.25) is 5.91 Å². The quantitative estimate of drug-likeness (QED) is 0.778. The van der Waals surface area contributed by atoms with E-state index in [1.54, 1.807) is 24.3 Å². The lowest BCUT2D eigenvalue weighted by molar-refractivity contribution is -0.142. The van der Waals surface area contributed by atoms with Crippen LogP contribution < -0.4 is 11.1 Å². The maximum atomic E-state index is 12.0. The molecule has 116 valence electrons. The molecular formula is C15H21ClN2O3. The number of aliphatic carboxylic acids is 1. The molecule has 0 aliphatic carbocycles. The molecule has 0 aliphatic heterocycles. The minimum absolute atomic E-state index is 0.0533. The molecule has 0 fully saturated rings. The van der Waals surface area contributed by atoms with Gasteiger partial charge in [-0.05, 0) is 11.5 Å². The number of benzene rings is 1. The molecule has 4 N–H and O–H groups in total. The highest BCUT2D eigenvalue weighted by Gasteiger charge is 2.27. The summed E-state index contributed by atoms with van der Waals surface area (Å²) in [5.74, 6) is -1.58. The van der Waals surface area contributed by atoms with Crippen molar-refractivity contribution in [3.05, 3.63) is 34.9 Å². The lowest BCUT2D eigenvalue weighted by Gasteiger charge is -2.27. The van der Waals surface area contributed by atoms with Crippen LogP contribution >= 0.6 is 11.6 Å². The Morgan fingerprint density at radius 2 is 1.90 bits per heavy atom. The van der Waals surface area contributed by atoms with E-state index >= 15 is 0 Å². The number of amides is 1. The molecule has 0 saturated heterocycles. The Morgan fingerprint density at radius 3 is 2.38 bits per heavy atom. The predicted molar refractivity (Wildman–Crippen MR) is 82.0 cm³/mol. The Labute approximate surface area is 129 Å². The van der Waals surface area contributed by atoms with Crippen molar-refractivity contribution in [1.29, 1.82) is 0 Å². The third kappa shape index (κ3) is 5.02. The molecule has 0 bridgehead atoms. The van der Waals surface area contributed by atoms with Gasteiger partial charge in [0.15, 0.2) is 6.04 Å². The average molecular weight is 313 g/mol. The number of nitrogens with one attached hydrogen (secondary N) is 1. The molecule has 0 heterocycles. The Balaban J connectivity index is 2.84. The Hall–Kier alpha value is -1.59. The number of nitrogens with two attached hydrogens (primary N) is 1. The van der Waals surface area contributed by atoms with Crippen molar-refractivity contribution in [2.24, 2.45) is 11.1 Å². The fourth-order valence-electron chi connectivity index (χ4n) is 1.71. The second-order valence-corrected chi connectivity index (χ2v) is 6.44. The van der Waals surface area contributed by atoms with E-state index in [4.69, 9.17) is 17.3 Å². The molecule has 0 spiro atoms. The summed E-state index contributed by atoms with van der Waals surface area (Å²) in [6.07, 6.45) is 0.0533. The number of hydrogen-bond acceptors (Lipinski definition) is 3. The lowest BCUT2D eigenvalue weighted by Crippen LogP contribution is -2.42. The normalized spacial score (nSPS) is 14.3. The van der Waals surface area contributed by atoms with E-state index in [0.717, 1.165) is 0 Å². The fraction of sp³-hybridized carbons (Fsp3) is 0.467. The van der Waals surface area contributed by atoms with Crippen LogP contribution in [0.25, 0.3) is 0 Å². The summed E-state index contributed by atoms with van der Waals surface area (Å²) in [5.41, 5.74) is 6.05. The van der Waals surface area contributed by atoms with Gasteiger partial charge in [0.25, 0.3) is 0 Å². The van der Waals surface area contributed by atoms with E-state index in [0.29, 0.717) is 10.6 Å². The molecule has 2 atom stereocenters. The van der Waals surface area contributed by atoms with Crippen molar-refractivity contribution in [3.8, 4) is 0 Å². The zero-order valence-corrected chi connectivity index (χ0v) is 13.1. The van der Waals surface area contributed by atoms with E-state index in [1.165, 1.54) is 0 Å². The fourth-order valence-corrected chi connectivity index (χ4v) is 1.95. The van der Waals surface area contributed by atoms with Crippen LogP contribution in [0.15, 0.2) is 24.3 Å². The molecule has 0 saturated carbocycles. The van der Waals surface area contributed by atoms with E-state index in [9.17, 15) is 14.7 Å². The summed E-state index contributed by atoms with van der Waals surface area (Å²) in [4.78, 5) is 23.4. The summed E-state index contributed by atoms with van der Waals surface area (Å²) in [6, 6.07) is 4.98. The van der Waals surface area contributed by atoms with Gasteiger partial charge < -0.3 is 16.2 Å². The Kier molecular flexibility index (Phi) is 5.75. The number of carboxylic acids is 1. The molecule has 0 radical (unpaired) electrons. The van der Waals surface area contributed by atoms with Gasteiger partial charge in [-0.15, -0.1) is 0 Å². The van der Waals surface area contributed by atoms with E-state index in [2.05, 4.69) is 5.32 Å². The molecule has 1 rings (SSSR count). The van der Waals surface area contributed by atoms with E-state index < -0.39 is 17.9 Å². The molecular weight excluding hydrogens is 292 g/mol. The topological polar surface area (TPSA) is 92.4 Å². The smallest absolute Gasteiger partial charge is 0.330 e. The zero-order valence-electron chi connectivity index (χ0n) is 12.4. The molecule has 0 aromatic heterocycles. The highest BCUT2D eigenvalue weighted by Crippen LogP contribution is 2.24. The first-order valence-electron chi connectivity index (χ1n) is 6.65. The maximum absolute atomic E-state index is 12.0. The predicted octanol–water partition coefficient (Wildman–Crippen LogP) is 2.35. The second kappa shape index (κ2) is 6.91. The van der Waals surface area contributed by atoms with Gasteiger partial charge in [-0.1, -0.05) is 50.6 Å². The monoisotopic (exact) mass is 312 g/mol. The van der Waals surface area contributed by atoms with E-state index in [-0.39, 0.29) is 17.9 Å². The number of carbonyl (C=O) groups excluding carboxylic acids is 1. The van der Waals surface area contributed by atoms with Crippen molar-refractivity contribution in [2.75, 3.05) is 0 Å². The summed E-state index contributed by atoms with van der Waals surface area (Å²) in [6.45, 7) is 5.77. The van der Waals surface area contributed by atoms with Crippen LogP contribution in [0.3, 0.4) is 0 Å². The van der Waals surface area contributed by atoms with Crippen molar-refractivity contribution in [1.82, 2.24) is 5.32 Å². The number of carboxylic acid groups (broad SMARTS) is 1. The van der Waals surface area contributed by atoms with Crippen molar-refractivity contribution >= 4 is 23.5 Å². The largest absolute Gasteiger partial charge is 0.479 e. The standard InChI is InChI=1S/C15H21ClN2O3/c1-15(2,3)11(17)8-12(19)18-13(14(20)21)9-6-4-5-7-10(9)16/h4-7,11,13H,8,17H2,1-3H3,(H,18,19)(H,20,21)/t11?,13-/m1/s1. The molecule has 1 aromatic carbocycles. The Bertz CT molecular complexity index is 526. The van der Waals surface area contributed by atoms with Crippen LogP contribution in [0.2, 0.25) is 5.02 Å². The highest BCUT2D eigenvalue weighted by molar-refractivity contribution is 6.31. The second-order valence-electron chi connectivity index (χ2n) is 6.04. The van der Waals surface area contributed by atoms with Gasteiger partial charge in [-0.25, -0.2) is 4.79 Å². The first-order chi connectivity index (χ1) is 9.62. The summed E-state index contributed by atoms with van der Waals surface area (Å²) < 4.78 is 0. The maximum Gasteiger partial charge on any atom is 0.330 e. The van der Waals surface area contributed by atoms with Crippen LogP contribution in [-0.4, -0.2) is 23.0 Å². The van der Waals surface area contributed by atoms with Crippen LogP contribution in [0.4, 0.5) is 0 Å². The molecule has 21 heavy (non-hydrogen) atoms. The highest BCUT2D eigenvalue weighted by atomic mass is 35.5. The van der Waals surface area contributed by atoms with Crippen LogP contribution in [0.1, 0.15) is 38.8 Å². The first kappa shape index (κ1) is 17.5. The summed E-state index contributed by atoms with van der Waals surface area (Å²) >= 11 is 5.99. The number of hydrogen-bond donors (Lipinski definition) is 3. The van der Waals surface area contributed by atoms with Gasteiger partial charge in [0.05, 0.1) is 0 Å². The van der Waals surface area contributed by atoms with Crippen molar-refractivity contribution < 1.29 is 14.7 Å². The number of carbonyl (C=O) groups is 2. The van der Waals surface area contributed by atoms with Crippen LogP contribution in [0.5, 0.6) is 0 Å². The molecule has 1 aromatic rings. The van der Waals surface area contributed by atoms with Gasteiger partial charge in [0, 0.05) is 23.0 Å².